The van der Waals surface area contributed by atoms with E-state index in [-0.39, 0.29) is 17.8 Å². The molecule has 1 aromatic rings. The van der Waals surface area contributed by atoms with Crippen molar-refractivity contribution in [3.8, 4) is 0 Å². The normalized spacial score (nSPS) is 18.2. The van der Waals surface area contributed by atoms with Gasteiger partial charge in [0.1, 0.15) is 4.21 Å². The number of hydrogen-bond acceptors (Lipinski definition) is 4. The van der Waals surface area contributed by atoms with Crippen molar-refractivity contribution in [2.45, 2.75) is 43.2 Å². The molecule has 0 atom stereocenters. The Morgan fingerprint density at radius 2 is 1.86 bits per heavy atom. The molecule has 22 heavy (non-hydrogen) atoms. The first-order valence-corrected chi connectivity index (χ1v) is 9.76. The molecule has 1 aromatic heterocycles. The molecule has 2 rings (SSSR count). The van der Waals surface area contributed by atoms with E-state index in [1.807, 2.05) is 13.1 Å². The summed E-state index contributed by atoms with van der Waals surface area (Å²) in [6.07, 6.45) is 1.88. The number of thiophene rings is 1. The average Bonchev–Trinajstić information content (AvgIpc) is 2.90. The van der Waals surface area contributed by atoms with Crippen molar-refractivity contribution < 1.29 is 8.42 Å². The lowest BCUT2D eigenvalue weighted by molar-refractivity contribution is 0.271. The van der Waals surface area contributed by atoms with Gasteiger partial charge in [-0.05, 0) is 49.9 Å². The minimum atomic E-state index is -3.31. The van der Waals surface area contributed by atoms with Crippen molar-refractivity contribution in [2.24, 2.45) is 5.92 Å². The first kappa shape index (κ1) is 19.9. The lowest BCUT2D eigenvalue weighted by atomic mass is 9.95. The van der Waals surface area contributed by atoms with Crippen molar-refractivity contribution in [1.29, 1.82) is 0 Å². The Labute approximate surface area is 144 Å². The molecule has 1 aliphatic heterocycles. The predicted octanol–water partition coefficient (Wildman–Crippen LogP) is 3.09. The number of piperidine rings is 1. The molecule has 1 fully saturated rings. The molecule has 2 heterocycles. The summed E-state index contributed by atoms with van der Waals surface area (Å²) in [4.78, 5) is 1.12. The number of hydrogen-bond donors (Lipinski definition) is 1. The SMILES string of the molecule is CNCC1CCN(S(=O)(=O)c2ccc(C(C)(C)C)s2)CC1.Cl. The van der Waals surface area contributed by atoms with E-state index in [0.717, 1.165) is 24.3 Å². The summed E-state index contributed by atoms with van der Waals surface area (Å²) in [7, 11) is -1.36. The lowest BCUT2D eigenvalue weighted by Crippen LogP contribution is -2.40. The molecule has 0 saturated carbocycles. The van der Waals surface area contributed by atoms with E-state index >= 15 is 0 Å². The molecule has 0 bridgehead atoms. The molecule has 0 aliphatic carbocycles. The fourth-order valence-electron chi connectivity index (χ4n) is 2.63. The van der Waals surface area contributed by atoms with Gasteiger partial charge in [0.25, 0.3) is 10.0 Å². The summed E-state index contributed by atoms with van der Waals surface area (Å²) in [5, 5.41) is 3.18. The molecular weight excluding hydrogens is 340 g/mol. The maximum atomic E-state index is 12.7. The number of halogens is 1. The van der Waals surface area contributed by atoms with Crippen molar-refractivity contribution in [3.05, 3.63) is 17.0 Å². The zero-order chi connectivity index (χ0) is 15.7. The van der Waals surface area contributed by atoms with Crippen LogP contribution in [0.1, 0.15) is 38.5 Å². The van der Waals surface area contributed by atoms with Crippen LogP contribution < -0.4 is 5.32 Å². The third-order valence-corrected chi connectivity index (χ3v) is 7.86. The van der Waals surface area contributed by atoms with Crippen molar-refractivity contribution in [1.82, 2.24) is 9.62 Å². The standard InChI is InChI=1S/C15H26N2O2S2.ClH/c1-15(2,3)13-5-6-14(20-13)21(18,19)17-9-7-12(8-10-17)11-16-4;/h5-6,12,16H,7-11H2,1-4H3;1H. The Hall–Kier alpha value is -0.140. The fraction of sp³-hybridized carbons (Fsp3) is 0.733. The number of nitrogens with one attached hydrogen (secondary N) is 1. The number of sulfonamides is 1. The molecule has 1 N–H and O–H groups in total. The van der Waals surface area contributed by atoms with Crippen molar-refractivity contribution in [3.63, 3.8) is 0 Å². The smallest absolute Gasteiger partial charge is 0.252 e. The fourth-order valence-corrected chi connectivity index (χ4v) is 5.62. The third-order valence-electron chi connectivity index (χ3n) is 3.98. The predicted molar refractivity (Wildman–Crippen MR) is 95.7 cm³/mol. The second kappa shape index (κ2) is 7.62. The Balaban J connectivity index is 0.00000242. The summed E-state index contributed by atoms with van der Waals surface area (Å²) in [6.45, 7) is 8.57. The highest BCUT2D eigenvalue weighted by Gasteiger charge is 2.31. The van der Waals surface area contributed by atoms with Gasteiger partial charge < -0.3 is 5.32 Å². The monoisotopic (exact) mass is 366 g/mol. The van der Waals surface area contributed by atoms with Crippen molar-refractivity contribution >= 4 is 33.8 Å². The van der Waals surface area contributed by atoms with Crippen LogP contribution in [0.25, 0.3) is 0 Å². The van der Waals surface area contributed by atoms with E-state index in [1.165, 1.54) is 11.3 Å². The van der Waals surface area contributed by atoms with Gasteiger partial charge in [-0.1, -0.05) is 20.8 Å². The first-order chi connectivity index (χ1) is 9.75. The topological polar surface area (TPSA) is 49.4 Å². The quantitative estimate of drug-likeness (QED) is 0.890. The summed E-state index contributed by atoms with van der Waals surface area (Å²) >= 11 is 1.41. The van der Waals surface area contributed by atoms with Gasteiger partial charge in [-0.2, -0.15) is 4.31 Å². The Kier molecular flexibility index (Phi) is 6.89. The molecule has 4 nitrogen and oxygen atoms in total. The van der Waals surface area contributed by atoms with Crippen LogP contribution >= 0.6 is 23.7 Å². The van der Waals surface area contributed by atoms with E-state index < -0.39 is 10.0 Å². The van der Waals surface area contributed by atoms with Crippen LogP contribution in [-0.2, 0) is 15.4 Å². The van der Waals surface area contributed by atoms with Gasteiger partial charge in [0.15, 0.2) is 0 Å². The van der Waals surface area contributed by atoms with Crippen LogP contribution in [0.5, 0.6) is 0 Å². The molecule has 0 spiro atoms. The van der Waals surface area contributed by atoms with Crippen LogP contribution in [0.2, 0.25) is 0 Å². The second-order valence-electron chi connectivity index (χ2n) is 6.77. The van der Waals surface area contributed by atoms with Crippen LogP contribution in [0.4, 0.5) is 0 Å². The highest BCUT2D eigenvalue weighted by atomic mass is 35.5. The van der Waals surface area contributed by atoms with Crippen molar-refractivity contribution in [2.75, 3.05) is 26.7 Å². The van der Waals surface area contributed by atoms with Gasteiger partial charge >= 0.3 is 0 Å². The Bertz CT molecular complexity index is 571. The molecule has 1 aliphatic rings. The van der Waals surface area contributed by atoms with E-state index in [2.05, 4.69) is 26.1 Å². The Morgan fingerprint density at radius 1 is 1.27 bits per heavy atom. The van der Waals surface area contributed by atoms with E-state index in [9.17, 15) is 8.42 Å². The number of nitrogens with zero attached hydrogens (tertiary/aromatic N) is 1. The zero-order valence-corrected chi connectivity index (χ0v) is 16.2. The van der Waals surface area contributed by atoms with Gasteiger partial charge in [-0.3, -0.25) is 0 Å². The first-order valence-electron chi connectivity index (χ1n) is 7.50. The summed E-state index contributed by atoms with van der Waals surface area (Å²) in [5.74, 6) is 0.593. The highest BCUT2D eigenvalue weighted by molar-refractivity contribution is 7.91. The summed E-state index contributed by atoms with van der Waals surface area (Å²) < 4.78 is 27.6. The molecule has 7 heteroatoms. The number of rotatable bonds is 4. The molecule has 128 valence electrons. The Morgan fingerprint density at radius 3 is 2.32 bits per heavy atom. The molecule has 0 aromatic carbocycles. The van der Waals surface area contributed by atoms with Crippen LogP contribution in [0.15, 0.2) is 16.3 Å². The summed E-state index contributed by atoms with van der Waals surface area (Å²) in [5.41, 5.74) is -0.00176. The largest absolute Gasteiger partial charge is 0.319 e. The van der Waals surface area contributed by atoms with E-state index in [0.29, 0.717) is 23.2 Å². The third kappa shape index (κ3) is 4.45. The maximum absolute atomic E-state index is 12.7. The van der Waals surface area contributed by atoms with Crippen LogP contribution in [0, 0.1) is 5.92 Å². The minimum Gasteiger partial charge on any atom is -0.319 e. The molecule has 0 unspecified atom stereocenters. The maximum Gasteiger partial charge on any atom is 0.252 e. The lowest BCUT2D eigenvalue weighted by Gasteiger charge is -2.30. The molecule has 1 saturated heterocycles. The van der Waals surface area contributed by atoms with Crippen LogP contribution in [-0.4, -0.2) is 39.4 Å². The molecule has 0 radical (unpaired) electrons. The van der Waals surface area contributed by atoms with Gasteiger partial charge in [0.2, 0.25) is 0 Å². The average molecular weight is 367 g/mol. The summed E-state index contributed by atoms with van der Waals surface area (Å²) in [6, 6.07) is 3.71. The van der Waals surface area contributed by atoms with Gasteiger partial charge in [-0.15, -0.1) is 23.7 Å². The highest BCUT2D eigenvalue weighted by Crippen LogP contribution is 2.34. The van der Waals surface area contributed by atoms with Gasteiger partial charge in [0.05, 0.1) is 0 Å². The van der Waals surface area contributed by atoms with Gasteiger partial charge in [0, 0.05) is 18.0 Å². The van der Waals surface area contributed by atoms with E-state index in [4.69, 9.17) is 0 Å². The van der Waals surface area contributed by atoms with Gasteiger partial charge in [-0.25, -0.2) is 8.42 Å². The second-order valence-corrected chi connectivity index (χ2v) is 10.0. The van der Waals surface area contributed by atoms with E-state index in [1.54, 1.807) is 10.4 Å². The van der Waals surface area contributed by atoms with Crippen LogP contribution in [0.3, 0.4) is 0 Å². The molecular formula is C15H27ClN2O2S2. The minimum absolute atomic E-state index is 0. The zero-order valence-electron chi connectivity index (χ0n) is 13.8. The molecule has 0 amide bonds.